The van der Waals surface area contributed by atoms with Gasteiger partial charge in [0.15, 0.2) is 0 Å². The van der Waals surface area contributed by atoms with E-state index in [2.05, 4.69) is 15.8 Å². The molecule has 1 fully saturated rings. The van der Waals surface area contributed by atoms with E-state index in [0.29, 0.717) is 24.1 Å². The van der Waals surface area contributed by atoms with Gasteiger partial charge in [0.25, 0.3) is 5.91 Å². The third-order valence-corrected chi connectivity index (χ3v) is 3.47. The predicted octanol–water partition coefficient (Wildman–Crippen LogP) is 0.608. The lowest BCUT2D eigenvalue weighted by Crippen LogP contribution is -2.62. The van der Waals surface area contributed by atoms with Crippen molar-refractivity contribution in [2.75, 3.05) is 7.11 Å². The molecule has 0 aliphatic carbocycles. The molecule has 1 unspecified atom stereocenters. The van der Waals surface area contributed by atoms with Crippen LogP contribution < -0.4 is 10.6 Å². The monoisotopic (exact) mass is 281 g/mol. The van der Waals surface area contributed by atoms with Crippen LogP contribution in [-0.2, 0) is 16.1 Å². The van der Waals surface area contributed by atoms with Crippen LogP contribution in [0.1, 0.15) is 42.7 Å². The van der Waals surface area contributed by atoms with Gasteiger partial charge in [-0.2, -0.15) is 0 Å². The lowest BCUT2D eigenvalue weighted by Gasteiger charge is -2.39. The van der Waals surface area contributed by atoms with Gasteiger partial charge in [0.1, 0.15) is 17.5 Å². The number of ether oxygens (including phenoxy) is 1. The lowest BCUT2D eigenvalue weighted by molar-refractivity contribution is -0.125. The fourth-order valence-corrected chi connectivity index (χ4v) is 2.32. The minimum atomic E-state index is -0.483. The lowest BCUT2D eigenvalue weighted by atomic mass is 9.86. The van der Waals surface area contributed by atoms with E-state index in [1.54, 1.807) is 0 Å². The molecule has 1 aliphatic heterocycles. The maximum Gasteiger partial charge on any atom is 0.256 e. The minimum Gasteiger partial charge on any atom is -0.378 e. The Kier molecular flexibility index (Phi) is 4.08. The first-order chi connectivity index (χ1) is 9.44. The number of carbonyl (C=O) groups is 2. The molecule has 7 nitrogen and oxygen atoms in total. The second-order valence-electron chi connectivity index (χ2n) is 5.44. The van der Waals surface area contributed by atoms with E-state index in [9.17, 15) is 9.59 Å². The fraction of sp³-hybridized carbons (Fsp3) is 0.615. The van der Waals surface area contributed by atoms with E-state index >= 15 is 0 Å². The number of methoxy groups -OCH3 is 1. The number of piperidine rings is 1. The molecule has 1 aliphatic rings. The van der Waals surface area contributed by atoms with Crippen LogP contribution in [0.5, 0.6) is 0 Å². The maximum atomic E-state index is 12.3. The van der Waals surface area contributed by atoms with Crippen molar-refractivity contribution in [3.8, 4) is 0 Å². The first kappa shape index (κ1) is 14.5. The molecule has 2 amide bonds. The van der Waals surface area contributed by atoms with E-state index in [0.717, 1.165) is 0 Å². The Labute approximate surface area is 117 Å². The molecule has 1 saturated heterocycles. The molecule has 110 valence electrons. The Bertz CT molecular complexity index is 509. The molecule has 2 N–H and O–H groups in total. The number of nitrogens with one attached hydrogen (secondary N) is 2. The summed E-state index contributed by atoms with van der Waals surface area (Å²) in [6.07, 6.45) is 2.32. The molecule has 0 aromatic carbocycles. The Morgan fingerprint density at radius 1 is 1.65 bits per heavy atom. The number of hydrogen-bond acceptors (Lipinski definition) is 5. The molecule has 7 heteroatoms. The van der Waals surface area contributed by atoms with Gasteiger partial charge in [-0.1, -0.05) is 5.16 Å². The molecule has 0 saturated carbocycles. The first-order valence-corrected chi connectivity index (χ1v) is 6.48. The van der Waals surface area contributed by atoms with Crippen molar-refractivity contribution < 1.29 is 18.8 Å². The highest BCUT2D eigenvalue weighted by Gasteiger charge is 2.36. The molecule has 2 rings (SSSR count). The number of nitrogens with zero attached hydrogens (tertiary/aromatic N) is 1. The summed E-state index contributed by atoms with van der Waals surface area (Å²) in [6.45, 7) is 3.99. The highest BCUT2D eigenvalue weighted by molar-refractivity contribution is 5.95. The minimum absolute atomic E-state index is 0.00514. The average molecular weight is 281 g/mol. The second-order valence-corrected chi connectivity index (χ2v) is 5.44. The zero-order chi connectivity index (χ0) is 14.8. The van der Waals surface area contributed by atoms with Gasteiger partial charge in [-0.15, -0.1) is 0 Å². The largest absolute Gasteiger partial charge is 0.378 e. The number of hydrogen-bond donors (Lipinski definition) is 2. The zero-order valence-electron chi connectivity index (χ0n) is 11.9. The van der Waals surface area contributed by atoms with Crippen molar-refractivity contribution in [2.45, 2.75) is 44.9 Å². The smallest absolute Gasteiger partial charge is 0.256 e. The summed E-state index contributed by atoms with van der Waals surface area (Å²) < 4.78 is 9.78. The topological polar surface area (TPSA) is 93.5 Å². The molecule has 1 aromatic rings. The summed E-state index contributed by atoms with van der Waals surface area (Å²) in [4.78, 5) is 23.7. The quantitative estimate of drug-likeness (QED) is 0.843. The molecule has 2 heterocycles. The van der Waals surface area contributed by atoms with Crippen molar-refractivity contribution in [2.24, 2.45) is 0 Å². The van der Waals surface area contributed by atoms with E-state index in [-0.39, 0.29) is 24.5 Å². The van der Waals surface area contributed by atoms with Gasteiger partial charge in [-0.3, -0.25) is 9.59 Å². The zero-order valence-corrected chi connectivity index (χ0v) is 11.9. The molecule has 0 bridgehead atoms. The first-order valence-electron chi connectivity index (χ1n) is 6.48. The number of carbonyl (C=O) groups excluding carboxylic acids is 2. The average Bonchev–Trinajstić information content (AvgIpc) is 2.81. The molecule has 0 spiro atoms. The SMILES string of the molecule is COCc1nocc1C(=O)NC1CCC(=O)NC1(C)C. The van der Waals surface area contributed by atoms with Gasteiger partial charge in [-0.25, -0.2) is 0 Å². The van der Waals surface area contributed by atoms with E-state index < -0.39 is 5.54 Å². The number of rotatable bonds is 4. The van der Waals surface area contributed by atoms with Gasteiger partial charge in [-0.05, 0) is 20.3 Å². The molecule has 1 atom stereocenters. The van der Waals surface area contributed by atoms with Crippen molar-refractivity contribution in [1.29, 1.82) is 0 Å². The molecule has 20 heavy (non-hydrogen) atoms. The summed E-state index contributed by atoms with van der Waals surface area (Å²) in [5.74, 6) is -0.266. The fourth-order valence-electron chi connectivity index (χ4n) is 2.32. The van der Waals surface area contributed by atoms with Crippen molar-refractivity contribution in [1.82, 2.24) is 15.8 Å². The summed E-state index contributed by atoms with van der Waals surface area (Å²) in [7, 11) is 1.52. The van der Waals surface area contributed by atoms with Crippen LogP contribution in [0.15, 0.2) is 10.8 Å². The van der Waals surface area contributed by atoms with E-state index in [1.165, 1.54) is 13.4 Å². The predicted molar refractivity (Wildman–Crippen MR) is 69.9 cm³/mol. The summed E-state index contributed by atoms with van der Waals surface area (Å²) >= 11 is 0. The Balaban J connectivity index is 2.07. The van der Waals surface area contributed by atoms with Crippen LogP contribution in [-0.4, -0.2) is 35.7 Å². The van der Waals surface area contributed by atoms with Gasteiger partial charge < -0.3 is 19.9 Å². The molecule has 1 aromatic heterocycles. The molecule has 0 radical (unpaired) electrons. The second kappa shape index (κ2) is 5.62. The van der Waals surface area contributed by atoms with Crippen molar-refractivity contribution >= 4 is 11.8 Å². The molecular weight excluding hydrogens is 262 g/mol. The van der Waals surface area contributed by atoms with Crippen molar-refractivity contribution in [3.05, 3.63) is 17.5 Å². The Morgan fingerprint density at radius 3 is 3.05 bits per heavy atom. The van der Waals surface area contributed by atoms with Crippen LogP contribution in [0.25, 0.3) is 0 Å². The van der Waals surface area contributed by atoms with Crippen molar-refractivity contribution in [3.63, 3.8) is 0 Å². The maximum absolute atomic E-state index is 12.3. The van der Waals surface area contributed by atoms with Crippen LogP contribution in [0.4, 0.5) is 0 Å². The van der Waals surface area contributed by atoms with E-state index in [1.807, 2.05) is 13.8 Å². The van der Waals surface area contributed by atoms with Crippen LogP contribution in [0.2, 0.25) is 0 Å². The summed E-state index contributed by atoms with van der Waals surface area (Å²) in [6, 6.07) is -0.141. The van der Waals surface area contributed by atoms with Crippen LogP contribution in [0, 0.1) is 0 Å². The van der Waals surface area contributed by atoms with Gasteiger partial charge in [0, 0.05) is 13.5 Å². The summed E-state index contributed by atoms with van der Waals surface area (Å²) in [5.41, 5.74) is 0.339. The van der Waals surface area contributed by atoms with E-state index in [4.69, 9.17) is 9.26 Å². The number of aromatic nitrogens is 1. The third kappa shape index (κ3) is 2.98. The highest BCUT2D eigenvalue weighted by atomic mass is 16.5. The normalized spacial score (nSPS) is 21.4. The highest BCUT2D eigenvalue weighted by Crippen LogP contribution is 2.20. The Hall–Kier alpha value is -1.89. The van der Waals surface area contributed by atoms with Crippen LogP contribution in [0.3, 0.4) is 0 Å². The number of amides is 2. The third-order valence-electron chi connectivity index (χ3n) is 3.47. The van der Waals surface area contributed by atoms with Gasteiger partial charge >= 0.3 is 0 Å². The Morgan fingerprint density at radius 2 is 2.40 bits per heavy atom. The summed E-state index contributed by atoms with van der Waals surface area (Å²) in [5, 5.41) is 9.54. The standard InChI is InChI=1S/C13H19N3O4/c1-13(2)10(4-5-11(17)15-13)14-12(18)8-6-20-16-9(8)7-19-3/h6,10H,4-5,7H2,1-3H3,(H,14,18)(H,15,17). The molecular formula is C13H19N3O4. The van der Waals surface area contributed by atoms with Gasteiger partial charge in [0.2, 0.25) is 5.91 Å². The van der Waals surface area contributed by atoms with Crippen LogP contribution >= 0.6 is 0 Å². The van der Waals surface area contributed by atoms with Gasteiger partial charge in [0.05, 0.1) is 18.2 Å².